The lowest BCUT2D eigenvalue weighted by atomic mass is 10.1. The van der Waals surface area contributed by atoms with Crippen molar-refractivity contribution in [2.24, 2.45) is 0 Å². The Balaban J connectivity index is 2.23. The van der Waals surface area contributed by atoms with Crippen molar-refractivity contribution in [1.82, 2.24) is 0 Å². The molecular formula is C17H17Cl2NO3. The van der Waals surface area contributed by atoms with Gasteiger partial charge in [-0.3, -0.25) is 5.32 Å². The summed E-state index contributed by atoms with van der Waals surface area (Å²) < 4.78 is 10.4. The summed E-state index contributed by atoms with van der Waals surface area (Å²) in [6.45, 7) is 4.14. The van der Waals surface area contributed by atoms with E-state index in [0.29, 0.717) is 27.0 Å². The summed E-state index contributed by atoms with van der Waals surface area (Å²) in [6, 6.07) is 8.92. The molecule has 0 unspecified atom stereocenters. The van der Waals surface area contributed by atoms with Crippen LogP contribution in [0.5, 0.6) is 5.75 Å². The monoisotopic (exact) mass is 353 g/mol. The summed E-state index contributed by atoms with van der Waals surface area (Å²) in [5, 5.41) is 3.63. The summed E-state index contributed by atoms with van der Waals surface area (Å²) >= 11 is 12.4. The molecule has 0 fully saturated rings. The lowest BCUT2D eigenvalue weighted by Gasteiger charge is -2.15. The van der Waals surface area contributed by atoms with Gasteiger partial charge in [-0.2, -0.15) is 0 Å². The van der Waals surface area contributed by atoms with E-state index in [1.54, 1.807) is 18.2 Å². The van der Waals surface area contributed by atoms with E-state index in [-0.39, 0.29) is 6.61 Å². The highest BCUT2D eigenvalue weighted by Gasteiger charge is 2.12. The van der Waals surface area contributed by atoms with Crippen molar-refractivity contribution in [2.45, 2.75) is 20.5 Å². The van der Waals surface area contributed by atoms with E-state index >= 15 is 0 Å². The molecule has 2 aromatic rings. The Kier molecular flexibility index (Phi) is 5.74. The average Bonchev–Trinajstić information content (AvgIpc) is 2.51. The fourth-order valence-corrected chi connectivity index (χ4v) is 2.50. The van der Waals surface area contributed by atoms with Gasteiger partial charge in [-0.1, -0.05) is 29.3 Å². The van der Waals surface area contributed by atoms with Crippen molar-refractivity contribution in [2.75, 3.05) is 12.4 Å². The lowest BCUT2D eigenvalue weighted by molar-refractivity contribution is 0.187. The molecular weight excluding hydrogens is 337 g/mol. The van der Waals surface area contributed by atoms with Gasteiger partial charge in [0.05, 0.1) is 17.8 Å². The first kappa shape index (κ1) is 17.4. The normalized spacial score (nSPS) is 10.3. The van der Waals surface area contributed by atoms with Gasteiger partial charge in [0, 0.05) is 10.6 Å². The number of carbonyl (C=O) groups is 1. The standard InChI is InChI=1S/C17H17Cl2NO3/c1-10-7-14(19)16(8-11(10)2)23-9-12-13(18)5-4-6-15(12)20-17(21)22-3/h4-8H,9H2,1-3H3,(H,20,21). The molecule has 4 nitrogen and oxygen atoms in total. The van der Waals surface area contributed by atoms with Crippen LogP contribution >= 0.6 is 23.2 Å². The van der Waals surface area contributed by atoms with E-state index in [0.717, 1.165) is 11.1 Å². The Morgan fingerprint density at radius 3 is 2.52 bits per heavy atom. The molecule has 23 heavy (non-hydrogen) atoms. The van der Waals surface area contributed by atoms with Crippen LogP contribution in [0.25, 0.3) is 0 Å². The molecule has 0 aromatic heterocycles. The lowest BCUT2D eigenvalue weighted by Crippen LogP contribution is -2.13. The molecule has 0 atom stereocenters. The topological polar surface area (TPSA) is 47.6 Å². The van der Waals surface area contributed by atoms with Crippen molar-refractivity contribution in [3.05, 3.63) is 57.1 Å². The number of hydrogen-bond acceptors (Lipinski definition) is 3. The maximum Gasteiger partial charge on any atom is 0.411 e. The predicted octanol–water partition coefficient (Wildman–Crippen LogP) is 5.37. The number of aryl methyl sites for hydroxylation is 2. The molecule has 0 saturated carbocycles. The van der Waals surface area contributed by atoms with Crippen LogP contribution < -0.4 is 10.1 Å². The summed E-state index contributed by atoms with van der Waals surface area (Å²) in [5.41, 5.74) is 3.35. The minimum absolute atomic E-state index is 0.168. The largest absolute Gasteiger partial charge is 0.487 e. The molecule has 2 aromatic carbocycles. The third-order valence-electron chi connectivity index (χ3n) is 3.46. The molecule has 0 bridgehead atoms. The first-order chi connectivity index (χ1) is 10.9. The van der Waals surface area contributed by atoms with Gasteiger partial charge in [-0.25, -0.2) is 4.79 Å². The Morgan fingerprint density at radius 1 is 1.13 bits per heavy atom. The first-order valence-electron chi connectivity index (χ1n) is 6.94. The van der Waals surface area contributed by atoms with Gasteiger partial charge in [0.2, 0.25) is 0 Å². The summed E-state index contributed by atoms with van der Waals surface area (Å²) in [7, 11) is 1.30. The molecule has 0 saturated heterocycles. The Labute approximate surface area is 145 Å². The van der Waals surface area contributed by atoms with Crippen LogP contribution in [0, 0.1) is 13.8 Å². The molecule has 0 spiro atoms. The quantitative estimate of drug-likeness (QED) is 0.803. The molecule has 0 radical (unpaired) electrons. The van der Waals surface area contributed by atoms with Gasteiger partial charge in [-0.15, -0.1) is 0 Å². The van der Waals surface area contributed by atoms with Crippen molar-refractivity contribution >= 4 is 35.0 Å². The Hall–Kier alpha value is -1.91. The number of anilines is 1. The highest BCUT2D eigenvalue weighted by atomic mass is 35.5. The highest BCUT2D eigenvalue weighted by Crippen LogP contribution is 2.31. The molecule has 0 aliphatic rings. The van der Waals surface area contributed by atoms with Crippen LogP contribution in [0.2, 0.25) is 10.0 Å². The van der Waals surface area contributed by atoms with E-state index in [1.165, 1.54) is 7.11 Å². The second-order valence-corrected chi connectivity index (χ2v) is 5.85. The van der Waals surface area contributed by atoms with Crippen LogP contribution in [0.15, 0.2) is 30.3 Å². The highest BCUT2D eigenvalue weighted by molar-refractivity contribution is 6.32. The van der Waals surface area contributed by atoms with Gasteiger partial charge in [0.1, 0.15) is 12.4 Å². The number of halogens is 2. The van der Waals surface area contributed by atoms with Gasteiger partial charge in [-0.05, 0) is 49.2 Å². The predicted molar refractivity (Wildman–Crippen MR) is 92.7 cm³/mol. The van der Waals surface area contributed by atoms with Crippen molar-refractivity contribution < 1.29 is 14.3 Å². The number of methoxy groups -OCH3 is 1. The number of carbonyl (C=O) groups excluding carboxylic acids is 1. The van der Waals surface area contributed by atoms with Crippen LogP contribution in [-0.2, 0) is 11.3 Å². The van der Waals surface area contributed by atoms with Gasteiger partial charge < -0.3 is 9.47 Å². The minimum Gasteiger partial charge on any atom is -0.487 e. The Morgan fingerprint density at radius 2 is 1.83 bits per heavy atom. The summed E-state index contributed by atoms with van der Waals surface area (Å²) in [5.74, 6) is 0.568. The number of rotatable bonds is 4. The molecule has 6 heteroatoms. The molecule has 122 valence electrons. The van der Waals surface area contributed by atoms with E-state index < -0.39 is 6.09 Å². The van der Waals surface area contributed by atoms with Gasteiger partial charge in [0.25, 0.3) is 0 Å². The fourth-order valence-electron chi connectivity index (χ4n) is 2.00. The number of benzene rings is 2. The number of ether oxygens (including phenoxy) is 2. The summed E-state index contributed by atoms with van der Waals surface area (Å²) in [6.07, 6.45) is -0.572. The molecule has 0 heterocycles. The molecule has 0 aliphatic heterocycles. The van der Waals surface area contributed by atoms with Crippen molar-refractivity contribution in [3.63, 3.8) is 0 Å². The second kappa shape index (κ2) is 7.57. The summed E-state index contributed by atoms with van der Waals surface area (Å²) in [4.78, 5) is 11.4. The SMILES string of the molecule is COC(=O)Nc1cccc(Cl)c1COc1cc(C)c(C)cc1Cl. The molecule has 1 N–H and O–H groups in total. The zero-order valence-electron chi connectivity index (χ0n) is 13.1. The number of hydrogen-bond donors (Lipinski definition) is 1. The van der Waals surface area contributed by atoms with E-state index in [9.17, 15) is 4.79 Å². The van der Waals surface area contributed by atoms with Crippen LogP contribution in [0.4, 0.5) is 10.5 Å². The maximum absolute atomic E-state index is 11.4. The first-order valence-corrected chi connectivity index (χ1v) is 7.70. The average molecular weight is 354 g/mol. The second-order valence-electron chi connectivity index (χ2n) is 5.04. The van der Waals surface area contributed by atoms with E-state index in [1.807, 2.05) is 26.0 Å². The van der Waals surface area contributed by atoms with Crippen molar-refractivity contribution in [1.29, 1.82) is 0 Å². The zero-order valence-corrected chi connectivity index (χ0v) is 14.6. The molecule has 1 amide bonds. The smallest absolute Gasteiger partial charge is 0.411 e. The van der Waals surface area contributed by atoms with Crippen LogP contribution in [-0.4, -0.2) is 13.2 Å². The Bertz CT molecular complexity index is 732. The minimum atomic E-state index is -0.572. The third kappa shape index (κ3) is 4.30. The molecule has 2 rings (SSSR count). The molecule has 0 aliphatic carbocycles. The number of nitrogens with one attached hydrogen (secondary N) is 1. The van der Waals surface area contributed by atoms with Crippen LogP contribution in [0.3, 0.4) is 0 Å². The maximum atomic E-state index is 11.4. The van der Waals surface area contributed by atoms with Gasteiger partial charge in [0.15, 0.2) is 0 Å². The number of amides is 1. The third-order valence-corrected chi connectivity index (χ3v) is 4.11. The zero-order chi connectivity index (χ0) is 17.0. The fraction of sp³-hybridized carbons (Fsp3) is 0.235. The van der Waals surface area contributed by atoms with Crippen LogP contribution in [0.1, 0.15) is 16.7 Å². The van der Waals surface area contributed by atoms with E-state index in [4.69, 9.17) is 27.9 Å². The van der Waals surface area contributed by atoms with Crippen molar-refractivity contribution in [3.8, 4) is 5.75 Å². The van der Waals surface area contributed by atoms with E-state index in [2.05, 4.69) is 10.1 Å². The van der Waals surface area contributed by atoms with Gasteiger partial charge >= 0.3 is 6.09 Å².